The first-order valence-electron chi connectivity index (χ1n) is 8.59. The van der Waals surface area contributed by atoms with E-state index < -0.39 is 6.03 Å². The van der Waals surface area contributed by atoms with E-state index in [0.717, 1.165) is 25.9 Å². The summed E-state index contributed by atoms with van der Waals surface area (Å²) in [5.41, 5.74) is 1.04. The second-order valence-corrected chi connectivity index (χ2v) is 6.36. The molecule has 0 aliphatic carbocycles. The largest absolute Gasteiger partial charge is 0.386 e. The molecule has 0 bridgehead atoms. The van der Waals surface area contributed by atoms with Crippen molar-refractivity contribution in [3.8, 4) is 0 Å². The van der Waals surface area contributed by atoms with Gasteiger partial charge in [-0.25, -0.2) is 9.18 Å². The molecule has 25 heavy (non-hydrogen) atoms. The van der Waals surface area contributed by atoms with Gasteiger partial charge in [0.2, 0.25) is 0 Å². The van der Waals surface area contributed by atoms with Crippen molar-refractivity contribution in [1.29, 1.82) is 0 Å². The lowest BCUT2D eigenvalue weighted by Crippen LogP contribution is -2.29. The van der Waals surface area contributed by atoms with Crippen molar-refractivity contribution in [3.05, 3.63) is 28.4 Å². The van der Waals surface area contributed by atoms with E-state index in [1.807, 2.05) is 6.92 Å². The number of carbonyl (C=O) groups excluding carboxylic acids is 1. The van der Waals surface area contributed by atoms with E-state index >= 15 is 4.39 Å². The predicted molar refractivity (Wildman–Crippen MR) is 94.3 cm³/mol. The number of halogens is 1. The van der Waals surface area contributed by atoms with Crippen molar-refractivity contribution in [2.75, 3.05) is 24.5 Å². The van der Waals surface area contributed by atoms with Crippen LogP contribution in [-0.2, 0) is 7.05 Å². The van der Waals surface area contributed by atoms with Crippen LogP contribution in [-0.4, -0.2) is 35.4 Å². The summed E-state index contributed by atoms with van der Waals surface area (Å²) in [7, 11) is 1.64. The fourth-order valence-corrected chi connectivity index (χ4v) is 3.54. The summed E-state index contributed by atoms with van der Waals surface area (Å²) in [6.45, 7) is 3.94. The predicted octanol–water partition coefficient (Wildman–Crippen LogP) is 3.28. The van der Waals surface area contributed by atoms with Crippen molar-refractivity contribution in [1.82, 2.24) is 15.1 Å². The number of rotatable bonds is 4. The standard InChI is InChI=1S/C17H22FN5O2/c1-3-10-23(17(24)21-25)16-13-5-4-12(11-6-8-19-9-7-11)14(18)15(13)22(2)20-16/h4-5,11,19H,3,6-10H2,1-2H3. The SMILES string of the molecule is CCCN(C(=O)N=O)c1nn(C)c2c(F)c(C3CCNCC3)ccc12. The Morgan fingerprint density at radius 2 is 2.16 bits per heavy atom. The summed E-state index contributed by atoms with van der Waals surface area (Å²) in [5, 5.41) is 10.6. The number of piperidine rings is 1. The minimum atomic E-state index is -0.912. The lowest BCUT2D eigenvalue weighted by Gasteiger charge is -2.23. The summed E-state index contributed by atoms with van der Waals surface area (Å²) in [6, 6.07) is 2.66. The molecule has 3 rings (SSSR count). The van der Waals surface area contributed by atoms with Gasteiger partial charge >= 0.3 is 6.03 Å². The van der Waals surface area contributed by atoms with Crippen LogP contribution in [0.15, 0.2) is 17.3 Å². The van der Waals surface area contributed by atoms with Crippen molar-refractivity contribution >= 4 is 22.8 Å². The number of fused-ring (bicyclic) bond motifs is 1. The first-order chi connectivity index (χ1) is 12.1. The second kappa shape index (κ2) is 7.26. The van der Waals surface area contributed by atoms with Gasteiger partial charge in [-0.1, -0.05) is 13.0 Å². The number of anilines is 1. The average Bonchev–Trinajstić information content (AvgIpc) is 2.97. The van der Waals surface area contributed by atoms with Crippen molar-refractivity contribution in [2.45, 2.75) is 32.1 Å². The smallest absolute Gasteiger partial charge is 0.317 e. The number of carbonyl (C=O) groups is 1. The van der Waals surface area contributed by atoms with Crippen LogP contribution in [0.4, 0.5) is 15.0 Å². The van der Waals surface area contributed by atoms with Gasteiger partial charge in [0.15, 0.2) is 11.6 Å². The van der Waals surface area contributed by atoms with Crippen molar-refractivity contribution in [3.63, 3.8) is 0 Å². The minimum absolute atomic E-state index is 0.175. The Balaban J connectivity index is 2.10. The molecule has 1 aromatic heterocycles. The molecule has 1 N–H and O–H groups in total. The van der Waals surface area contributed by atoms with E-state index in [9.17, 15) is 9.70 Å². The Kier molecular flexibility index (Phi) is 5.08. The van der Waals surface area contributed by atoms with Crippen LogP contribution in [0.1, 0.15) is 37.7 Å². The first-order valence-corrected chi connectivity index (χ1v) is 8.59. The number of hydrogen-bond acceptors (Lipinski definition) is 4. The molecule has 1 aliphatic rings. The molecule has 2 amide bonds. The molecule has 0 saturated carbocycles. The Bertz CT molecular complexity index is 798. The van der Waals surface area contributed by atoms with E-state index in [1.54, 1.807) is 19.2 Å². The number of urea groups is 1. The summed E-state index contributed by atoms with van der Waals surface area (Å²) in [4.78, 5) is 23.8. The van der Waals surface area contributed by atoms with Crippen LogP contribution in [0.3, 0.4) is 0 Å². The number of nitrogens with one attached hydrogen (secondary N) is 1. The van der Waals surface area contributed by atoms with Crippen molar-refractivity contribution in [2.24, 2.45) is 12.2 Å². The molecular formula is C17H22FN5O2. The molecule has 1 aliphatic heterocycles. The van der Waals surface area contributed by atoms with Crippen LogP contribution in [0.25, 0.3) is 10.9 Å². The Hall–Kier alpha value is -2.35. The summed E-state index contributed by atoms with van der Waals surface area (Å²) in [5.74, 6) is 0.155. The van der Waals surface area contributed by atoms with Crippen LogP contribution < -0.4 is 10.2 Å². The van der Waals surface area contributed by atoms with Crippen LogP contribution >= 0.6 is 0 Å². The van der Waals surface area contributed by atoms with Gasteiger partial charge in [0.1, 0.15) is 5.52 Å². The van der Waals surface area contributed by atoms with E-state index in [2.05, 4.69) is 15.6 Å². The summed E-state index contributed by atoms with van der Waals surface area (Å²) < 4.78 is 16.6. The Morgan fingerprint density at radius 1 is 1.44 bits per heavy atom. The third kappa shape index (κ3) is 3.13. The lowest BCUT2D eigenvalue weighted by atomic mass is 9.89. The maximum atomic E-state index is 15.2. The van der Waals surface area contributed by atoms with Gasteiger partial charge in [0.05, 0.1) is 0 Å². The number of nitrogens with zero attached hydrogens (tertiary/aromatic N) is 4. The molecule has 7 nitrogen and oxygen atoms in total. The zero-order chi connectivity index (χ0) is 18.0. The monoisotopic (exact) mass is 347 g/mol. The highest BCUT2D eigenvalue weighted by Gasteiger charge is 2.26. The maximum absolute atomic E-state index is 15.2. The summed E-state index contributed by atoms with van der Waals surface area (Å²) in [6.07, 6.45) is 2.42. The molecule has 0 unspecified atom stereocenters. The lowest BCUT2D eigenvalue weighted by molar-refractivity contribution is 0.253. The highest BCUT2D eigenvalue weighted by molar-refractivity contribution is 6.01. The number of hydrogen-bond donors (Lipinski definition) is 1. The molecule has 134 valence electrons. The van der Waals surface area contributed by atoms with Gasteiger partial charge in [-0.2, -0.15) is 5.10 Å². The van der Waals surface area contributed by atoms with E-state index in [0.29, 0.717) is 29.4 Å². The average molecular weight is 347 g/mol. The quantitative estimate of drug-likeness (QED) is 0.861. The van der Waals surface area contributed by atoms with Crippen LogP contribution in [0, 0.1) is 10.7 Å². The van der Waals surface area contributed by atoms with Crippen molar-refractivity contribution < 1.29 is 9.18 Å². The fraction of sp³-hybridized carbons (Fsp3) is 0.529. The Labute approximate surface area is 145 Å². The second-order valence-electron chi connectivity index (χ2n) is 6.36. The molecule has 1 aromatic carbocycles. The highest BCUT2D eigenvalue weighted by atomic mass is 19.1. The van der Waals surface area contributed by atoms with E-state index in [-0.39, 0.29) is 17.6 Å². The third-order valence-corrected chi connectivity index (χ3v) is 4.75. The van der Waals surface area contributed by atoms with Gasteiger partial charge < -0.3 is 5.32 Å². The first kappa shape index (κ1) is 17.5. The number of aromatic nitrogens is 2. The fourth-order valence-electron chi connectivity index (χ4n) is 3.54. The number of amides is 2. The molecule has 2 heterocycles. The van der Waals surface area contributed by atoms with Gasteiger partial charge in [-0.05, 0) is 49.9 Å². The van der Waals surface area contributed by atoms with E-state index in [1.165, 1.54) is 9.58 Å². The molecular weight excluding hydrogens is 325 g/mol. The normalized spacial score (nSPS) is 15.5. The zero-order valence-corrected chi connectivity index (χ0v) is 14.5. The molecule has 0 atom stereocenters. The Morgan fingerprint density at radius 3 is 2.80 bits per heavy atom. The van der Waals surface area contributed by atoms with Gasteiger partial charge in [0, 0.05) is 24.2 Å². The molecule has 0 spiro atoms. The van der Waals surface area contributed by atoms with E-state index in [4.69, 9.17) is 0 Å². The third-order valence-electron chi connectivity index (χ3n) is 4.75. The van der Waals surface area contributed by atoms with Crippen LogP contribution in [0.5, 0.6) is 0 Å². The van der Waals surface area contributed by atoms with Gasteiger partial charge in [-0.3, -0.25) is 9.58 Å². The van der Waals surface area contributed by atoms with Gasteiger partial charge in [-0.15, -0.1) is 4.91 Å². The molecule has 1 saturated heterocycles. The topological polar surface area (TPSA) is 79.6 Å². The summed E-state index contributed by atoms with van der Waals surface area (Å²) >= 11 is 0. The molecule has 8 heteroatoms. The molecule has 0 radical (unpaired) electrons. The zero-order valence-electron chi connectivity index (χ0n) is 14.5. The molecule has 2 aromatic rings. The van der Waals surface area contributed by atoms with Crippen LogP contribution in [0.2, 0.25) is 0 Å². The minimum Gasteiger partial charge on any atom is -0.317 e. The number of nitroso groups, excluding NO2 is 1. The number of aryl methyl sites for hydroxylation is 1. The maximum Gasteiger partial charge on any atom is 0.386 e. The highest BCUT2D eigenvalue weighted by Crippen LogP contribution is 2.35. The van der Waals surface area contributed by atoms with Gasteiger partial charge in [0.25, 0.3) is 0 Å². The number of benzene rings is 1. The molecule has 1 fully saturated rings.